The maximum Gasteiger partial charge on any atom is 0.408 e. The fraction of sp³-hybridized carbons (Fsp3) is 0.450. The predicted octanol–water partition coefficient (Wildman–Crippen LogP) is -2.39. The zero-order chi connectivity index (χ0) is 24.6. The molecule has 1 aromatic rings. The van der Waals surface area contributed by atoms with Gasteiger partial charge in [0.05, 0.1) is 19.3 Å². The molecule has 0 aliphatic rings. The number of rotatable bonds is 14. The molecule has 0 bridgehead atoms. The van der Waals surface area contributed by atoms with E-state index in [4.69, 9.17) is 15.9 Å². The van der Waals surface area contributed by atoms with Crippen LogP contribution in [0.2, 0.25) is 0 Å². The Hall–Kier alpha value is -3.71. The summed E-state index contributed by atoms with van der Waals surface area (Å²) < 4.78 is 4.98. The van der Waals surface area contributed by atoms with Gasteiger partial charge in [0.1, 0.15) is 18.7 Å². The molecule has 1 rings (SSSR count). The van der Waals surface area contributed by atoms with Crippen LogP contribution in [0.3, 0.4) is 0 Å². The molecule has 0 saturated carbocycles. The SMILES string of the molecule is N=C(N)NCCC[C@@H]([C]=O)NC(=O)[C@H](CO)NC(=O)[C@@H](CO)NC(=O)OCc1ccccc1. The molecule has 0 fully saturated rings. The van der Waals surface area contributed by atoms with Gasteiger partial charge in [-0.25, -0.2) is 4.79 Å². The van der Waals surface area contributed by atoms with E-state index >= 15 is 0 Å². The minimum absolute atomic E-state index is 0.0559. The maximum atomic E-state index is 12.3. The summed E-state index contributed by atoms with van der Waals surface area (Å²) >= 11 is 0. The molecular weight excluding hydrogens is 436 g/mol. The highest BCUT2D eigenvalue weighted by atomic mass is 16.5. The Bertz CT molecular complexity index is 792. The number of alkyl carbamates (subject to hydrolysis) is 1. The molecule has 0 aromatic heterocycles. The molecule has 1 aromatic carbocycles. The number of aliphatic hydroxyl groups is 2. The molecule has 13 nitrogen and oxygen atoms in total. The zero-order valence-corrected chi connectivity index (χ0v) is 17.9. The number of nitrogens with two attached hydrogens (primary N) is 1. The van der Waals surface area contributed by atoms with E-state index in [0.717, 1.165) is 0 Å². The number of carbonyl (C=O) groups excluding carboxylic acids is 4. The van der Waals surface area contributed by atoms with Crippen molar-refractivity contribution in [2.75, 3.05) is 19.8 Å². The normalized spacial score (nSPS) is 13.0. The molecule has 0 unspecified atom stereocenters. The molecule has 0 heterocycles. The summed E-state index contributed by atoms with van der Waals surface area (Å²) in [5, 5.41) is 35.1. The first kappa shape index (κ1) is 27.3. The van der Waals surface area contributed by atoms with Gasteiger partial charge in [0.2, 0.25) is 18.1 Å². The summed E-state index contributed by atoms with van der Waals surface area (Å²) in [5.74, 6) is -2.03. The predicted molar refractivity (Wildman–Crippen MR) is 116 cm³/mol. The highest BCUT2D eigenvalue weighted by Crippen LogP contribution is 2.01. The summed E-state index contributed by atoms with van der Waals surface area (Å²) in [6, 6.07) is 4.88. The van der Waals surface area contributed by atoms with Gasteiger partial charge < -0.3 is 42.0 Å². The molecule has 0 saturated heterocycles. The average Bonchev–Trinajstić information content (AvgIpc) is 2.81. The van der Waals surface area contributed by atoms with Crippen molar-refractivity contribution < 1.29 is 34.1 Å². The van der Waals surface area contributed by atoms with Crippen molar-refractivity contribution in [1.82, 2.24) is 21.3 Å². The first-order valence-electron chi connectivity index (χ1n) is 10.1. The van der Waals surface area contributed by atoms with E-state index in [1.54, 1.807) is 36.6 Å². The third-order valence-corrected chi connectivity index (χ3v) is 4.26. The Morgan fingerprint density at radius 3 is 2.21 bits per heavy atom. The van der Waals surface area contributed by atoms with Crippen LogP contribution in [0.25, 0.3) is 0 Å². The lowest BCUT2D eigenvalue weighted by Crippen LogP contribution is -2.57. The molecule has 33 heavy (non-hydrogen) atoms. The van der Waals surface area contributed by atoms with E-state index in [-0.39, 0.29) is 19.0 Å². The second kappa shape index (κ2) is 15.2. The fourth-order valence-corrected chi connectivity index (χ4v) is 2.53. The lowest BCUT2D eigenvalue weighted by molar-refractivity contribution is -0.131. The number of nitrogens with one attached hydrogen (secondary N) is 5. The summed E-state index contributed by atoms with van der Waals surface area (Å²) in [6.45, 7) is -1.35. The molecule has 0 spiro atoms. The first-order valence-corrected chi connectivity index (χ1v) is 10.1. The average molecular weight is 465 g/mol. The molecule has 0 aliphatic carbocycles. The summed E-state index contributed by atoms with van der Waals surface area (Å²) in [4.78, 5) is 47.6. The van der Waals surface area contributed by atoms with Gasteiger partial charge in [-0.15, -0.1) is 0 Å². The van der Waals surface area contributed by atoms with E-state index in [1.807, 2.05) is 0 Å². The van der Waals surface area contributed by atoms with Gasteiger partial charge in [0.25, 0.3) is 0 Å². The highest BCUT2D eigenvalue weighted by molar-refractivity contribution is 5.92. The van der Waals surface area contributed by atoms with Crippen LogP contribution in [-0.2, 0) is 25.7 Å². The minimum atomic E-state index is -1.44. The molecule has 13 heteroatoms. The van der Waals surface area contributed by atoms with Crippen molar-refractivity contribution >= 4 is 30.2 Å². The van der Waals surface area contributed by atoms with Crippen LogP contribution in [0.4, 0.5) is 4.79 Å². The summed E-state index contributed by atoms with van der Waals surface area (Å²) in [7, 11) is 0. The van der Waals surface area contributed by atoms with E-state index in [2.05, 4.69) is 21.3 Å². The Labute approximate surface area is 190 Å². The number of hydrogen-bond donors (Lipinski definition) is 8. The Balaban J connectivity index is 2.53. The van der Waals surface area contributed by atoms with Crippen LogP contribution in [0, 0.1) is 5.41 Å². The number of ether oxygens (including phenoxy) is 1. The molecule has 1 radical (unpaired) electrons. The van der Waals surface area contributed by atoms with Crippen LogP contribution in [0.15, 0.2) is 30.3 Å². The van der Waals surface area contributed by atoms with Gasteiger partial charge in [0, 0.05) is 6.54 Å². The van der Waals surface area contributed by atoms with E-state index in [1.165, 1.54) is 0 Å². The minimum Gasteiger partial charge on any atom is -0.445 e. The fourth-order valence-electron chi connectivity index (χ4n) is 2.53. The van der Waals surface area contributed by atoms with Gasteiger partial charge in [-0.3, -0.25) is 19.8 Å². The molecular formula is C20H29N6O7. The van der Waals surface area contributed by atoms with Crippen LogP contribution in [0.1, 0.15) is 18.4 Å². The van der Waals surface area contributed by atoms with Crippen molar-refractivity contribution in [3.8, 4) is 0 Å². The lowest BCUT2D eigenvalue weighted by Gasteiger charge is -2.22. The topological polar surface area (TPSA) is 216 Å². The van der Waals surface area contributed by atoms with Crippen LogP contribution in [-0.4, -0.2) is 78.3 Å². The van der Waals surface area contributed by atoms with Crippen molar-refractivity contribution in [2.24, 2.45) is 5.73 Å². The number of benzene rings is 1. The molecule has 3 amide bonds. The Kier molecular flexibility index (Phi) is 12.5. The second-order valence-electron chi connectivity index (χ2n) is 6.85. The molecule has 3 atom stereocenters. The van der Waals surface area contributed by atoms with Gasteiger partial charge in [-0.05, 0) is 18.4 Å². The maximum absolute atomic E-state index is 12.3. The van der Waals surface area contributed by atoms with Gasteiger partial charge in [-0.2, -0.15) is 0 Å². The number of carbonyl (C=O) groups is 3. The Morgan fingerprint density at radius 1 is 1.03 bits per heavy atom. The quantitative estimate of drug-likeness (QED) is 0.0834. The summed E-state index contributed by atoms with van der Waals surface area (Å²) in [5.41, 5.74) is 5.86. The third-order valence-electron chi connectivity index (χ3n) is 4.26. The number of amides is 3. The molecule has 0 aliphatic heterocycles. The molecule has 9 N–H and O–H groups in total. The smallest absolute Gasteiger partial charge is 0.408 e. The largest absolute Gasteiger partial charge is 0.445 e. The number of hydrogen-bond acceptors (Lipinski definition) is 8. The van der Waals surface area contributed by atoms with Crippen LogP contribution < -0.4 is 27.0 Å². The van der Waals surface area contributed by atoms with Gasteiger partial charge >= 0.3 is 6.09 Å². The second-order valence-corrected chi connectivity index (χ2v) is 6.85. The third kappa shape index (κ3) is 10.9. The van der Waals surface area contributed by atoms with Crippen molar-refractivity contribution in [3.05, 3.63) is 35.9 Å². The van der Waals surface area contributed by atoms with Crippen molar-refractivity contribution in [2.45, 2.75) is 37.6 Å². The van der Waals surface area contributed by atoms with Crippen LogP contribution >= 0.6 is 0 Å². The van der Waals surface area contributed by atoms with E-state index in [0.29, 0.717) is 18.5 Å². The number of aliphatic hydroxyl groups excluding tert-OH is 2. The van der Waals surface area contributed by atoms with Gasteiger partial charge in [0.15, 0.2) is 5.96 Å². The standard InChI is InChI=1S/C20H29N6O7/c21-19(22)23-8-4-7-14(9-27)24-17(30)15(10-28)25-18(31)16(11-29)26-20(32)33-12-13-5-2-1-3-6-13/h1-3,5-6,14-16,28-29H,4,7-8,10-12H2,(H,24,30)(H,25,31)(H,26,32)(H4,21,22,23)/t14-,15-,16+/m0/s1. The monoisotopic (exact) mass is 465 g/mol. The van der Waals surface area contributed by atoms with Gasteiger partial charge in [-0.1, -0.05) is 30.3 Å². The van der Waals surface area contributed by atoms with E-state index in [9.17, 15) is 29.4 Å². The van der Waals surface area contributed by atoms with Crippen molar-refractivity contribution in [3.63, 3.8) is 0 Å². The molecule has 181 valence electrons. The van der Waals surface area contributed by atoms with Crippen LogP contribution in [0.5, 0.6) is 0 Å². The number of guanidine groups is 1. The lowest BCUT2D eigenvalue weighted by atomic mass is 10.1. The van der Waals surface area contributed by atoms with E-state index < -0.39 is 49.2 Å². The Morgan fingerprint density at radius 2 is 1.64 bits per heavy atom. The van der Waals surface area contributed by atoms with Crippen molar-refractivity contribution in [1.29, 1.82) is 5.41 Å². The zero-order valence-electron chi connectivity index (χ0n) is 17.9. The first-order chi connectivity index (χ1) is 15.8. The highest BCUT2D eigenvalue weighted by Gasteiger charge is 2.27. The summed E-state index contributed by atoms with van der Waals surface area (Å²) in [6.07, 6.45) is 1.24.